The summed E-state index contributed by atoms with van der Waals surface area (Å²) in [6.45, 7) is 0.889. The van der Waals surface area contributed by atoms with Crippen molar-refractivity contribution in [1.82, 2.24) is 20.1 Å². The third kappa shape index (κ3) is 2.30. The summed E-state index contributed by atoms with van der Waals surface area (Å²) in [6, 6.07) is 10.4. The number of rotatable bonds is 3. The van der Waals surface area contributed by atoms with Gasteiger partial charge in [0.15, 0.2) is 5.82 Å². The van der Waals surface area contributed by atoms with Gasteiger partial charge in [0, 0.05) is 18.2 Å². The number of carbonyl (C=O) groups excluding carboxylic acids is 1. The van der Waals surface area contributed by atoms with E-state index in [0.29, 0.717) is 6.04 Å². The molecule has 1 atom stereocenters. The van der Waals surface area contributed by atoms with E-state index in [4.69, 9.17) is 0 Å². The summed E-state index contributed by atoms with van der Waals surface area (Å²) in [4.78, 5) is 12.5. The summed E-state index contributed by atoms with van der Waals surface area (Å²) in [6.07, 6.45) is 5.31. The third-order valence-electron chi connectivity index (χ3n) is 4.77. The fourth-order valence-corrected chi connectivity index (χ4v) is 3.28. The molecular weight excluding hydrogens is 276 g/mol. The van der Waals surface area contributed by atoms with Gasteiger partial charge in [0.05, 0.1) is 5.92 Å². The lowest BCUT2D eigenvalue weighted by Crippen LogP contribution is -2.43. The summed E-state index contributed by atoms with van der Waals surface area (Å²) in [5.74, 6) is 1.66. The Morgan fingerprint density at radius 2 is 1.91 bits per heavy atom. The Labute approximate surface area is 129 Å². The number of aromatic nitrogens is 3. The number of hydrogen-bond donors (Lipinski definition) is 1. The Kier molecular flexibility index (Phi) is 3.41. The standard InChI is InChI=1S/C17H20N4O/c22-17(18-13-8-4-9-13)14-10-5-11-21-15(19-20-16(14)21)12-6-2-1-3-7-12/h1-3,6-7,13-14H,4-5,8-11H2,(H,18,22). The van der Waals surface area contributed by atoms with Crippen LogP contribution in [0.4, 0.5) is 0 Å². The van der Waals surface area contributed by atoms with E-state index < -0.39 is 0 Å². The average molecular weight is 296 g/mol. The molecule has 1 fully saturated rings. The number of nitrogens with one attached hydrogen (secondary N) is 1. The van der Waals surface area contributed by atoms with E-state index in [1.54, 1.807) is 0 Å². The highest BCUT2D eigenvalue weighted by Gasteiger charge is 2.32. The van der Waals surface area contributed by atoms with Gasteiger partial charge in [0.1, 0.15) is 5.82 Å². The predicted octanol–water partition coefficient (Wildman–Crippen LogP) is 2.49. The van der Waals surface area contributed by atoms with E-state index >= 15 is 0 Å². The summed E-state index contributed by atoms with van der Waals surface area (Å²) in [5, 5.41) is 11.8. The molecule has 1 aliphatic carbocycles. The van der Waals surface area contributed by atoms with Gasteiger partial charge in [-0.25, -0.2) is 0 Å². The Bertz CT molecular complexity index is 675. The molecule has 2 aliphatic rings. The molecule has 22 heavy (non-hydrogen) atoms. The topological polar surface area (TPSA) is 59.8 Å². The molecule has 5 nitrogen and oxygen atoms in total. The van der Waals surface area contributed by atoms with Crippen molar-refractivity contribution >= 4 is 5.91 Å². The fourth-order valence-electron chi connectivity index (χ4n) is 3.28. The highest BCUT2D eigenvalue weighted by atomic mass is 16.2. The van der Waals surface area contributed by atoms with Crippen LogP contribution >= 0.6 is 0 Å². The molecule has 1 aromatic heterocycles. The molecule has 2 aromatic rings. The number of benzene rings is 1. The van der Waals surface area contributed by atoms with Gasteiger partial charge in [-0.1, -0.05) is 30.3 Å². The second-order valence-corrected chi connectivity index (χ2v) is 6.23. The maximum atomic E-state index is 12.5. The van der Waals surface area contributed by atoms with Crippen LogP contribution in [-0.2, 0) is 11.3 Å². The van der Waals surface area contributed by atoms with Crippen molar-refractivity contribution in [2.24, 2.45) is 0 Å². The molecule has 1 N–H and O–H groups in total. The lowest BCUT2D eigenvalue weighted by molar-refractivity contribution is -0.124. The Morgan fingerprint density at radius 1 is 1.09 bits per heavy atom. The first-order chi connectivity index (χ1) is 10.8. The van der Waals surface area contributed by atoms with Gasteiger partial charge in [0.2, 0.25) is 5.91 Å². The molecule has 1 saturated carbocycles. The van der Waals surface area contributed by atoms with Crippen molar-refractivity contribution in [3.63, 3.8) is 0 Å². The van der Waals surface area contributed by atoms with Gasteiger partial charge in [-0.2, -0.15) is 0 Å². The maximum Gasteiger partial charge on any atom is 0.231 e. The highest BCUT2D eigenvalue weighted by Crippen LogP contribution is 2.31. The van der Waals surface area contributed by atoms with Crippen LogP contribution < -0.4 is 5.32 Å². The summed E-state index contributed by atoms with van der Waals surface area (Å²) in [7, 11) is 0. The largest absolute Gasteiger partial charge is 0.353 e. The second kappa shape index (κ2) is 5.55. The van der Waals surface area contributed by atoms with Crippen LogP contribution in [-0.4, -0.2) is 26.7 Å². The maximum absolute atomic E-state index is 12.5. The van der Waals surface area contributed by atoms with Crippen molar-refractivity contribution in [3.8, 4) is 11.4 Å². The van der Waals surface area contributed by atoms with Gasteiger partial charge in [-0.15, -0.1) is 10.2 Å². The number of fused-ring (bicyclic) bond motifs is 1. The normalized spacial score (nSPS) is 21.0. The van der Waals surface area contributed by atoms with Crippen LogP contribution in [0.2, 0.25) is 0 Å². The molecule has 1 aliphatic heterocycles. The van der Waals surface area contributed by atoms with Crippen LogP contribution in [0, 0.1) is 0 Å². The summed E-state index contributed by atoms with van der Waals surface area (Å²) in [5.41, 5.74) is 1.06. The Hall–Kier alpha value is -2.17. The van der Waals surface area contributed by atoms with Crippen molar-refractivity contribution in [2.75, 3.05) is 0 Å². The minimum Gasteiger partial charge on any atom is -0.353 e. The van der Waals surface area contributed by atoms with Crippen molar-refractivity contribution < 1.29 is 4.79 Å². The average Bonchev–Trinajstić information content (AvgIpc) is 2.95. The molecular formula is C17H20N4O. The molecule has 5 heteroatoms. The molecule has 4 rings (SSSR count). The number of nitrogens with zero attached hydrogens (tertiary/aromatic N) is 3. The van der Waals surface area contributed by atoms with Crippen molar-refractivity contribution in [2.45, 2.75) is 50.6 Å². The van der Waals surface area contributed by atoms with E-state index in [-0.39, 0.29) is 11.8 Å². The molecule has 0 saturated heterocycles. The van der Waals surface area contributed by atoms with Gasteiger partial charge in [-0.3, -0.25) is 4.79 Å². The van der Waals surface area contributed by atoms with Crippen molar-refractivity contribution in [1.29, 1.82) is 0 Å². The lowest BCUT2D eigenvalue weighted by atomic mass is 9.91. The first kappa shape index (κ1) is 13.5. The summed E-state index contributed by atoms with van der Waals surface area (Å²) < 4.78 is 2.11. The zero-order valence-corrected chi connectivity index (χ0v) is 12.5. The summed E-state index contributed by atoms with van der Waals surface area (Å²) >= 11 is 0. The van der Waals surface area contributed by atoms with Gasteiger partial charge < -0.3 is 9.88 Å². The van der Waals surface area contributed by atoms with Gasteiger partial charge >= 0.3 is 0 Å². The Morgan fingerprint density at radius 3 is 2.64 bits per heavy atom. The smallest absolute Gasteiger partial charge is 0.231 e. The molecule has 0 spiro atoms. The van der Waals surface area contributed by atoms with Crippen molar-refractivity contribution in [3.05, 3.63) is 36.2 Å². The van der Waals surface area contributed by atoms with E-state index in [0.717, 1.165) is 49.4 Å². The van der Waals surface area contributed by atoms with Crippen LogP contribution in [0.3, 0.4) is 0 Å². The predicted molar refractivity (Wildman–Crippen MR) is 83.2 cm³/mol. The van der Waals surface area contributed by atoms with E-state index in [1.165, 1.54) is 6.42 Å². The minimum absolute atomic E-state index is 0.123. The van der Waals surface area contributed by atoms with E-state index in [9.17, 15) is 4.79 Å². The number of carbonyl (C=O) groups is 1. The molecule has 1 aromatic carbocycles. The third-order valence-corrected chi connectivity index (χ3v) is 4.77. The molecule has 1 unspecified atom stereocenters. The Balaban J connectivity index is 1.62. The zero-order chi connectivity index (χ0) is 14.9. The SMILES string of the molecule is O=C(NC1CCC1)C1CCCn2c(-c3ccccc3)nnc21. The monoisotopic (exact) mass is 296 g/mol. The molecule has 0 radical (unpaired) electrons. The first-order valence-corrected chi connectivity index (χ1v) is 8.12. The zero-order valence-electron chi connectivity index (χ0n) is 12.5. The highest BCUT2D eigenvalue weighted by molar-refractivity contribution is 5.83. The molecule has 0 bridgehead atoms. The quantitative estimate of drug-likeness (QED) is 0.946. The molecule has 1 amide bonds. The van der Waals surface area contributed by atoms with Crippen LogP contribution in [0.1, 0.15) is 43.8 Å². The fraction of sp³-hybridized carbons (Fsp3) is 0.471. The van der Waals surface area contributed by atoms with Crippen LogP contribution in [0.5, 0.6) is 0 Å². The van der Waals surface area contributed by atoms with Gasteiger partial charge in [0.25, 0.3) is 0 Å². The molecule has 2 heterocycles. The minimum atomic E-state index is -0.153. The lowest BCUT2D eigenvalue weighted by Gasteiger charge is -2.30. The first-order valence-electron chi connectivity index (χ1n) is 8.12. The molecule has 114 valence electrons. The van der Waals surface area contributed by atoms with Crippen LogP contribution in [0.15, 0.2) is 30.3 Å². The van der Waals surface area contributed by atoms with E-state index in [1.807, 2.05) is 30.3 Å². The van der Waals surface area contributed by atoms with E-state index in [2.05, 4.69) is 20.1 Å². The van der Waals surface area contributed by atoms with Gasteiger partial charge in [-0.05, 0) is 32.1 Å². The van der Waals surface area contributed by atoms with Crippen LogP contribution in [0.25, 0.3) is 11.4 Å². The second-order valence-electron chi connectivity index (χ2n) is 6.23. The number of hydrogen-bond acceptors (Lipinski definition) is 3. The number of amides is 1.